The van der Waals surface area contributed by atoms with Gasteiger partial charge < -0.3 is 0 Å². The Morgan fingerprint density at radius 1 is 0.440 bits per heavy atom. The van der Waals surface area contributed by atoms with E-state index >= 15 is 0 Å². The summed E-state index contributed by atoms with van der Waals surface area (Å²) in [5, 5.41) is 0. The normalized spacial score (nSPS) is 15.2. The van der Waals surface area contributed by atoms with Crippen LogP contribution in [0.2, 0.25) is 0 Å². The summed E-state index contributed by atoms with van der Waals surface area (Å²) in [6.45, 7) is 32.9. The molecule has 0 saturated heterocycles. The molecule has 0 radical (unpaired) electrons. The summed E-state index contributed by atoms with van der Waals surface area (Å²) in [6, 6.07) is 28.7. The molecule has 2 aliphatic rings. The monoisotopic (exact) mass is 662 g/mol. The Morgan fingerprint density at radius 2 is 0.760 bits per heavy atom. The molecule has 0 unspecified atom stereocenters. The molecule has 262 valence electrons. The Labute approximate surface area is 305 Å². The quantitative estimate of drug-likeness (QED) is 0.199. The van der Waals surface area contributed by atoms with Crippen molar-refractivity contribution in [3.63, 3.8) is 0 Å². The number of allylic oxidation sites excluding steroid dienone is 2. The van der Waals surface area contributed by atoms with Crippen LogP contribution in [0.15, 0.2) is 83.9 Å². The van der Waals surface area contributed by atoms with Crippen LogP contribution in [-0.2, 0) is 34.5 Å². The van der Waals surface area contributed by atoms with E-state index in [0.717, 1.165) is 19.3 Å². The summed E-state index contributed by atoms with van der Waals surface area (Å²) < 4.78 is 0. The highest BCUT2D eigenvalue weighted by Crippen LogP contribution is 2.51. The van der Waals surface area contributed by atoms with Gasteiger partial charge in [0.15, 0.2) is 0 Å². The van der Waals surface area contributed by atoms with Crippen molar-refractivity contribution in [3.05, 3.63) is 128 Å². The molecule has 0 heteroatoms. The predicted molar refractivity (Wildman–Crippen MR) is 220 cm³/mol. The summed E-state index contributed by atoms with van der Waals surface area (Å²) in [4.78, 5) is 0. The van der Waals surface area contributed by atoms with Crippen molar-refractivity contribution in [2.24, 2.45) is 5.41 Å². The minimum absolute atomic E-state index is 0.0137. The molecule has 50 heavy (non-hydrogen) atoms. The van der Waals surface area contributed by atoms with Crippen LogP contribution in [0, 0.1) is 5.41 Å². The van der Waals surface area contributed by atoms with E-state index in [-0.39, 0.29) is 27.1 Å². The third-order valence-corrected chi connectivity index (χ3v) is 11.9. The first-order valence-electron chi connectivity index (χ1n) is 19.1. The second kappa shape index (κ2) is 12.3. The zero-order valence-electron chi connectivity index (χ0n) is 33.7. The fourth-order valence-electron chi connectivity index (χ4n) is 7.91. The highest BCUT2D eigenvalue weighted by molar-refractivity contribution is 5.85. The van der Waals surface area contributed by atoms with E-state index in [0.29, 0.717) is 0 Å². The van der Waals surface area contributed by atoms with Crippen LogP contribution in [0.5, 0.6) is 0 Å². The Kier molecular flexibility index (Phi) is 8.86. The predicted octanol–water partition coefficient (Wildman–Crippen LogP) is 14.2. The summed E-state index contributed by atoms with van der Waals surface area (Å²) >= 11 is 0. The molecule has 0 amide bonds. The van der Waals surface area contributed by atoms with Crippen LogP contribution in [0.1, 0.15) is 148 Å². The van der Waals surface area contributed by atoms with E-state index in [2.05, 4.69) is 182 Å². The smallest absolute Gasteiger partial charge is 0.0103 e. The Bertz CT molecular complexity index is 1800. The van der Waals surface area contributed by atoms with Crippen LogP contribution in [0.3, 0.4) is 0 Å². The van der Waals surface area contributed by atoms with Crippen molar-refractivity contribution < 1.29 is 0 Å². The zero-order chi connectivity index (χ0) is 36.6. The summed E-state index contributed by atoms with van der Waals surface area (Å²) in [7, 11) is 0. The molecule has 0 N–H and O–H groups in total. The largest absolute Gasteiger partial charge is 0.0642 e. The molecule has 4 aromatic carbocycles. The van der Waals surface area contributed by atoms with E-state index in [9.17, 15) is 0 Å². The molecule has 0 saturated carbocycles. The van der Waals surface area contributed by atoms with E-state index in [1.807, 2.05) is 0 Å². The number of hydrogen-bond acceptors (Lipinski definition) is 0. The Morgan fingerprint density at radius 3 is 1.04 bits per heavy atom. The maximum Gasteiger partial charge on any atom is 0.0103 e. The van der Waals surface area contributed by atoms with Gasteiger partial charge in [-0.25, -0.2) is 0 Å². The summed E-state index contributed by atoms with van der Waals surface area (Å²) in [5.41, 5.74) is 20.2. The van der Waals surface area contributed by atoms with Gasteiger partial charge in [-0.15, -0.1) is 0 Å². The molecule has 6 rings (SSSR count). The molecule has 0 aliphatic heterocycles. The van der Waals surface area contributed by atoms with Gasteiger partial charge in [0.1, 0.15) is 0 Å². The number of hydrogen-bond donors (Lipinski definition) is 0. The van der Waals surface area contributed by atoms with Crippen LogP contribution in [-0.4, -0.2) is 0 Å². The van der Waals surface area contributed by atoms with Gasteiger partial charge in [0, 0.05) is 5.41 Å². The van der Waals surface area contributed by atoms with E-state index < -0.39 is 0 Å². The average molecular weight is 663 g/mol. The first kappa shape index (κ1) is 36.2. The minimum Gasteiger partial charge on any atom is -0.0642 e. The van der Waals surface area contributed by atoms with Gasteiger partial charge in [0.25, 0.3) is 0 Å². The van der Waals surface area contributed by atoms with Crippen molar-refractivity contribution in [2.75, 3.05) is 0 Å². The molecular formula is C50H62. The fraction of sp³-hybridized carbons (Fsp3) is 0.440. The minimum atomic E-state index is -0.0137. The molecule has 0 heterocycles. The van der Waals surface area contributed by atoms with Crippen molar-refractivity contribution in [1.82, 2.24) is 0 Å². The van der Waals surface area contributed by atoms with Crippen LogP contribution >= 0.6 is 0 Å². The first-order chi connectivity index (χ1) is 23.1. The lowest BCUT2D eigenvalue weighted by molar-refractivity contribution is 0.452. The van der Waals surface area contributed by atoms with Crippen molar-refractivity contribution in [3.8, 4) is 22.3 Å². The van der Waals surface area contributed by atoms with Crippen LogP contribution in [0.25, 0.3) is 34.4 Å². The second-order valence-electron chi connectivity index (χ2n) is 19.7. The maximum atomic E-state index is 2.57. The average Bonchev–Trinajstić information content (AvgIpc) is 3.68. The molecule has 0 bridgehead atoms. The van der Waals surface area contributed by atoms with Crippen LogP contribution < -0.4 is 0 Å². The molecule has 0 fully saturated rings. The number of fused-ring (bicyclic) bond motifs is 2. The van der Waals surface area contributed by atoms with E-state index in [1.165, 1.54) is 66.8 Å². The summed E-state index contributed by atoms with van der Waals surface area (Å²) in [5.74, 6) is 0. The van der Waals surface area contributed by atoms with Gasteiger partial charge in [-0.05, 0) is 108 Å². The maximum absolute atomic E-state index is 2.57. The lowest BCUT2D eigenvalue weighted by atomic mass is 9.72. The molecule has 0 nitrogen and oxygen atoms in total. The van der Waals surface area contributed by atoms with Gasteiger partial charge in [-0.2, -0.15) is 0 Å². The lowest BCUT2D eigenvalue weighted by Crippen LogP contribution is -2.21. The van der Waals surface area contributed by atoms with Gasteiger partial charge in [0.05, 0.1) is 0 Å². The molecule has 0 spiro atoms. The molecule has 0 atom stereocenters. The number of rotatable bonds is 5. The van der Waals surface area contributed by atoms with Gasteiger partial charge in [0.2, 0.25) is 0 Å². The first-order valence-corrected chi connectivity index (χ1v) is 19.1. The Hall–Kier alpha value is -3.64. The summed E-state index contributed by atoms with van der Waals surface area (Å²) in [6.07, 6.45) is 8.26. The topological polar surface area (TPSA) is 0 Å². The van der Waals surface area contributed by atoms with E-state index in [4.69, 9.17) is 0 Å². The third-order valence-electron chi connectivity index (χ3n) is 11.9. The number of benzene rings is 4. The SMILES string of the molecule is CCC(C)(C1=Cc2c(cccc2-c2cc(C(C)(C)C)cc(C(C)(C)C)c2)C1)C1=Cc2c(cccc2-c2cc(C(C)(C)C)cc(C(C)(C)C)c2)C1. The van der Waals surface area contributed by atoms with Crippen LogP contribution in [0.4, 0.5) is 0 Å². The molecular weight excluding hydrogens is 601 g/mol. The van der Waals surface area contributed by atoms with E-state index in [1.54, 1.807) is 11.1 Å². The lowest BCUT2D eigenvalue weighted by Gasteiger charge is -2.32. The zero-order valence-corrected chi connectivity index (χ0v) is 33.7. The molecule has 0 aromatic heterocycles. The highest BCUT2D eigenvalue weighted by atomic mass is 14.4. The Balaban J connectivity index is 1.43. The second-order valence-corrected chi connectivity index (χ2v) is 19.7. The van der Waals surface area contributed by atoms with Crippen molar-refractivity contribution in [1.29, 1.82) is 0 Å². The molecule has 2 aliphatic carbocycles. The highest BCUT2D eigenvalue weighted by Gasteiger charge is 2.37. The van der Waals surface area contributed by atoms with Crippen molar-refractivity contribution in [2.45, 2.75) is 138 Å². The van der Waals surface area contributed by atoms with Gasteiger partial charge in [-0.1, -0.05) is 193 Å². The van der Waals surface area contributed by atoms with Gasteiger partial charge in [-0.3, -0.25) is 0 Å². The van der Waals surface area contributed by atoms with Crippen molar-refractivity contribution >= 4 is 12.2 Å². The molecule has 4 aromatic rings. The fourth-order valence-corrected chi connectivity index (χ4v) is 7.91. The third kappa shape index (κ3) is 6.73. The van der Waals surface area contributed by atoms with Gasteiger partial charge >= 0.3 is 0 Å². The standard InChI is InChI=1S/C50H62/c1-15-50(14,40-22-32-18-16-20-42(44(32)30-40)34-24-36(46(2,3)4)28-37(25-34)47(5,6)7)41-23-33-19-17-21-43(45(33)31-41)35-26-38(48(8,9)10)29-39(27-35)49(11,12)13/h16-21,24-31H,15,22-23H2,1-14H3.